The molecule has 11 nitrogen and oxygen atoms in total. The van der Waals surface area contributed by atoms with E-state index in [0.717, 1.165) is 38.5 Å². The maximum Gasteiger partial charge on any atom is 0.247 e. The molecule has 47 heavy (non-hydrogen) atoms. The lowest BCUT2D eigenvalue weighted by atomic mass is 10.0. The molecule has 1 saturated carbocycles. The quantitative estimate of drug-likeness (QED) is 0.263. The summed E-state index contributed by atoms with van der Waals surface area (Å²) in [4.78, 5) is 36.9. The Morgan fingerprint density at radius 3 is 2.53 bits per heavy atom. The third kappa shape index (κ3) is 8.05. The van der Waals surface area contributed by atoms with Crippen molar-refractivity contribution in [2.75, 3.05) is 42.6 Å². The highest BCUT2D eigenvalue weighted by molar-refractivity contribution is 7.91. The summed E-state index contributed by atoms with van der Waals surface area (Å²) in [5.41, 5.74) is 1.75. The zero-order valence-electron chi connectivity index (χ0n) is 26.1. The Morgan fingerprint density at radius 1 is 1.02 bits per heavy atom. The van der Waals surface area contributed by atoms with Gasteiger partial charge in [0.15, 0.2) is 9.84 Å². The molecule has 13 heteroatoms. The number of rotatable bonds is 10. The molecule has 3 heterocycles. The van der Waals surface area contributed by atoms with Gasteiger partial charge in [-0.25, -0.2) is 18.4 Å². The van der Waals surface area contributed by atoms with Gasteiger partial charge < -0.3 is 25.6 Å². The van der Waals surface area contributed by atoms with E-state index in [1.807, 2.05) is 17.0 Å². The van der Waals surface area contributed by atoms with Crippen LogP contribution in [0.3, 0.4) is 0 Å². The molecule has 6 rings (SSSR count). The number of carbonyl (C=O) groups excluding carboxylic acids is 2. The van der Waals surface area contributed by atoms with Crippen molar-refractivity contribution in [3.63, 3.8) is 0 Å². The number of hydrogen-bond donors (Lipinski definition) is 3. The summed E-state index contributed by atoms with van der Waals surface area (Å²) >= 11 is 6.65. The largest absolute Gasteiger partial charge is 0.489 e. The van der Waals surface area contributed by atoms with E-state index in [0.29, 0.717) is 71.2 Å². The van der Waals surface area contributed by atoms with Crippen LogP contribution in [-0.2, 0) is 19.4 Å². The normalized spacial score (nSPS) is 17.2. The minimum atomic E-state index is -3.52. The van der Waals surface area contributed by atoms with Crippen LogP contribution in [-0.4, -0.2) is 73.1 Å². The Morgan fingerprint density at radius 2 is 1.79 bits per heavy atom. The average molecular weight is 679 g/mol. The highest BCUT2D eigenvalue weighted by atomic mass is 35.5. The Balaban J connectivity index is 1.07. The van der Waals surface area contributed by atoms with Crippen LogP contribution in [0, 0.1) is 5.92 Å². The van der Waals surface area contributed by atoms with E-state index in [4.69, 9.17) is 16.3 Å². The number of hydrogen-bond acceptors (Lipinski definition) is 9. The van der Waals surface area contributed by atoms with Crippen molar-refractivity contribution in [2.45, 2.75) is 55.9 Å². The molecule has 1 aliphatic carbocycles. The van der Waals surface area contributed by atoms with Crippen LogP contribution >= 0.6 is 11.6 Å². The summed E-state index contributed by atoms with van der Waals surface area (Å²) in [7, 11) is -3.52. The van der Waals surface area contributed by atoms with Gasteiger partial charge in [0.05, 0.1) is 21.2 Å². The summed E-state index contributed by atoms with van der Waals surface area (Å²) in [5, 5.41) is 9.72. The first kappa shape index (κ1) is 32.8. The fourth-order valence-electron chi connectivity index (χ4n) is 6.29. The number of nitrogens with one attached hydrogen (secondary N) is 3. The van der Waals surface area contributed by atoms with Gasteiger partial charge in [-0.1, -0.05) is 42.6 Å². The highest BCUT2D eigenvalue weighted by Crippen LogP contribution is 2.34. The molecule has 2 aliphatic heterocycles. The molecular formula is C34H39ClN6O5S. The molecule has 0 bridgehead atoms. The van der Waals surface area contributed by atoms with Crippen LogP contribution in [0.15, 0.2) is 65.3 Å². The molecule has 3 aliphatic rings. The van der Waals surface area contributed by atoms with Crippen LogP contribution < -0.4 is 20.7 Å². The van der Waals surface area contributed by atoms with Gasteiger partial charge in [-0.05, 0) is 55.7 Å². The molecule has 2 amide bonds. The van der Waals surface area contributed by atoms with Crippen molar-refractivity contribution in [1.82, 2.24) is 20.2 Å². The second-order valence-corrected chi connectivity index (χ2v) is 14.6. The van der Waals surface area contributed by atoms with Gasteiger partial charge in [-0.3, -0.25) is 9.59 Å². The van der Waals surface area contributed by atoms with E-state index >= 15 is 0 Å². The molecule has 1 saturated heterocycles. The van der Waals surface area contributed by atoms with E-state index in [1.54, 1.807) is 42.5 Å². The number of anilines is 3. The van der Waals surface area contributed by atoms with Gasteiger partial charge >= 0.3 is 0 Å². The third-order valence-corrected chi connectivity index (χ3v) is 10.9. The third-order valence-electron chi connectivity index (χ3n) is 8.89. The Labute approximate surface area is 280 Å². The summed E-state index contributed by atoms with van der Waals surface area (Å²) in [5.74, 6) is 1.55. The van der Waals surface area contributed by atoms with Crippen molar-refractivity contribution in [1.29, 1.82) is 0 Å². The Bertz CT molecular complexity index is 1740. The van der Waals surface area contributed by atoms with E-state index in [9.17, 15) is 18.0 Å². The fourth-order valence-corrected chi connectivity index (χ4v) is 7.69. The number of ether oxygens (including phenoxy) is 1. The fraction of sp³-hybridized carbons (Fsp3) is 0.412. The number of carbonyl (C=O) groups is 2. The van der Waals surface area contributed by atoms with Gasteiger partial charge in [-0.15, -0.1) is 0 Å². The number of nitrogens with zero attached hydrogens (tertiary/aromatic N) is 3. The second-order valence-electron chi connectivity index (χ2n) is 12.1. The minimum absolute atomic E-state index is 0.0178. The smallest absolute Gasteiger partial charge is 0.247 e. The SMILES string of the molecule is O=C(NCCS(=O)(=O)c1ccccc1)C1=Cc2c(ncnc2Nc2ccc(OC3CCN(C(=O)C4CCCC4)CC3)c(Cl)c2)NCC1. The van der Waals surface area contributed by atoms with Crippen LogP contribution in [0.25, 0.3) is 6.08 Å². The lowest BCUT2D eigenvalue weighted by Crippen LogP contribution is -2.44. The van der Waals surface area contributed by atoms with E-state index in [2.05, 4.69) is 25.9 Å². The first-order valence-corrected chi connectivity index (χ1v) is 18.2. The van der Waals surface area contributed by atoms with Crippen molar-refractivity contribution >= 4 is 56.7 Å². The molecule has 0 atom stereocenters. The van der Waals surface area contributed by atoms with E-state index in [1.165, 1.54) is 6.33 Å². The monoisotopic (exact) mass is 678 g/mol. The lowest BCUT2D eigenvalue weighted by Gasteiger charge is -2.33. The molecule has 0 spiro atoms. The van der Waals surface area contributed by atoms with E-state index < -0.39 is 9.84 Å². The molecule has 0 radical (unpaired) electrons. The van der Waals surface area contributed by atoms with Crippen molar-refractivity contribution in [3.8, 4) is 5.75 Å². The number of likely N-dealkylation sites (tertiary alicyclic amines) is 1. The summed E-state index contributed by atoms with van der Waals surface area (Å²) in [6.45, 7) is 1.85. The highest BCUT2D eigenvalue weighted by Gasteiger charge is 2.31. The number of sulfone groups is 1. The average Bonchev–Trinajstić information content (AvgIpc) is 3.53. The Hall–Kier alpha value is -4.16. The molecule has 3 aromatic rings. The number of fused-ring (bicyclic) bond motifs is 1. The Kier molecular flexibility index (Phi) is 10.3. The lowest BCUT2D eigenvalue weighted by molar-refractivity contribution is -0.137. The van der Waals surface area contributed by atoms with Crippen LogP contribution in [0.4, 0.5) is 17.3 Å². The maximum atomic E-state index is 13.1. The van der Waals surface area contributed by atoms with Gasteiger partial charge in [0.1, 0.15) is 29.8 Å². The van der Waals surface area contributed by atoms with Gasteiger partial charge in [-0.2, -0.15) is 0 Å². The van der Waals surface area contributed by atoms with Crippen LogP contribution in [0.1, 0.15) is 50.5 Å². The maximum absolute atomic E-state index is 13.1. The van der Waals surface area contributed by atoms with Crippen LogP contribution in [0.5, 0.6) is 5.75 Å². The first-order valence-electron chi connectivity index (χ1n) is 16.1. The van der Waals surface area contributed by atoms with Gasteiger partial charge in [0.2, 0.25) is 11.8 Å². The molecule has 248 valence electrons. The number of piperidine rings is 1. The zero-order valence-corrected chi connectivity index (χ0v) is 27.7. The zero-order chi connectivity index (χ0) is 32.8. The predicted molar refractivity (Wildman–Crippen MR) is 182 cm³/mol. The molecule has 2 aromatic carbocycles. The number of aromatic nitrogens is 2. The number of halogens is 1. The van der Waals surface area contributed by atoms with Gasteiger partial charge in [0.25, 0.3) is 0 Å². The standard InChI is InChI=1S/C34H39ClN6O5S/c35-29-21-25(10-11-30(29)46-26-13-17-41(18-14-26)34(43)23-6-4-5-7-23)40-32-28-20-24(12-15-36-31(28)38-22-39-32)33(42)37-16-19-47(44,45)27-8-2-1-3-9-27/h1-3,8-11,20-23,26H,4-7,12-19H2,(H,37,42)(H2,36,38,39,40). The summed E-state index contributed by atoms with van der Waals surface area (Å²) in [6, 6.07) is 13.6. The molecular weight excluding hydrogens is 640 g/mol. The number of benzene rings is 2. The van der Waals surface area contributed by atoms with Crippen molar-refractivity contribution in [2.24, 2.45) is 5.92 Å². The van der Waals surface area contributed by atoms with E-state index in [-0.39, 0.29) is 35.1 Å². The van der Waals surface area contributed by atoms with Gasteiger partial charge in [0, 0.05) is 56.2 Å². The van der Waals surface area contributed by atoms with Crippen molar-refractivity contribution < 1.29 is 22.7 Å². The summed E-state index contributed by atoms with van der Waals surface area (Å²) < 4.78 is 31.5. The topological polar surface area (TPSA) is 143 Å². The van der Waals surface area contributed by atoms with Crippen LogP contribution in [0.2, 0.25) is 5.02 Å². The number of amides is 2. The predicted octanol–water partition coefficient (Wildman–Crippen LogP) is 5.22. The first-order chi connectivity index (χ1) is 22.8. The molecule has 2 fully saturated rings. The van der Waals surface area contributed by atoms with Crippen molar-refractivity contribution in [3.05, 3.63) is 71.0 Å². The molecule has 1 aromatic heterocycles. The minimum Gasteiger partial charge on any atom is -0.489 e. The second kappa shape index (κ2) is 14.7. The molecule has 3 N–H and O–H groups in total. The molecule has 0 unspecified atom stereocenters. The summed E-state index contributed by atoms with van der Waals surface area (Å²) in [6.07, 6.45) is 9.40.